The van der Waals surface area contributed by atoms with Gasteiger partial charge in [-0.25, -0.2) is 4.68 Å². The van der Waals surface area contributed by atoms with Gasteiger partial charge in [-0.15, -0.1) is 5.10 Å². The predicted octanol–water partition coefficient (Wildman–Crippen LogP) is 3.10. The molecule has 3 N–H and O–H groups in total. The molecule has 1 atom stereocenters. The molecule has 0 unspecified atom stereocenters. The molecule has 3 aromatic rings. The highest BCUT2D eigenvalue weighted by Crippen LogP contribution is 2.40. The second kappa shape index (κ2) is 6.52. The third kappa shape index (κ3) is 2.89. The first kappa shape index (κ1) is 17.6. The Labute approximate surface area is 170 Å². The second-order valence-corrected chi connectivity index (χ2v) is 7.19. The lowest BCUT2D eigenvalue weighted by atomic mass is 9.95. The molecule has 2 aliphatic rings. The number of rotatable bonds is 3. The summed E-state index contributed by atoms with van der Waals surface area (Å²) in [7, 11) is 0. The Hall–Kier alpha value is -3.52. The molecular weight excluding hydrogens is 394 g/mol. The molecule has 0 saturated heterocycles. The van der Waals surface area contributed by atoms with Crippen LogP contribution in [0.3, 0.4) is 0 Å². The first-order valence-electron chi connectivity index (χ1n) is 8.91. The number of halogens is 1. The maximum absolute atomic E-state index is 12.3. The smallest absolute Gasteiger partial charge is 0.248 e. The van der Waals surface area contributed by atoms with E-state index in [0.29, 0.717) is 39.6 Å². The number of primary amides is 1. The number of carbonyl (C=O) groups is 1. The first-order valence-corrected chi connectivity index (χ1v) is 9.28. The van der Waals surface area contributed by atoms with Crippen LogP contribution < -0.4 is 20.5 Å². The van der Waals surface area contributed by atoms with E-state index in [0.717, 1.165) is 11.1 Å². The number of carbonyl (C=O) groups excluding carboxylic acids is 1. The zero-order valence-corrected chi connectivity index (χ0v) is 16.1. The minimum atomic E-state index is -0.557. The number of hydrogen-bond donors (Lipinski definition) is 2. The van der Waals surface area contributed by atoms with Gasteiger partial charge in [0.2, 0.25) is 18.6 Å². The molecule has 0 radical (unpaired) electrons. The topological polar surface area (TPSA) is 104 Å². The second-order valence-electron chi connectivity index (χ2n) is 6.76. The average Bonchev–Trinajstić information content (AvgIpc) is 3.32. The highest BCUT2D eigenvalue weighted by Gasteiger charge is 2.34. The van der Waals surface area contributed by atoms with Gasteiger partial charge in [0, 0.05) is 16.3 Å². The van der Waals surface area contributed by atoms with Crippen LogP contribution in [0.4, 0.5) is 5.95 Å². The molecule has 0 fully saturated rings. The Bertz CT molecular complexity index is 1190. The molecular formula is C20H16ClN5O3. The number of hydrogen-bond acceptors (Lipinski definition) is 6. The van der Waals surface area contributed by atoms with Gasteiger partial charge in [-0.1, -0.05) is 29.8 Å². The SMILES string of the molecule is CC1=C(C(N)=O)[C@H](c2ccc3c(c2)OCO3)n2nc(-c3cccc(Cl)c3)nc2N1. The predicted molar refractivity (Wildman–Crippen MR) is 107 cm³/mol. The number of ether oxygens (including phenoxy) is 2. The fourth-order valence-electron chi connectivity index (χ4n) is 3.61. The Morgan fingerprint density at radius 3 is 2.86 bits per heavy atom. The molecule has 2 aliphatic heterocycles. The molecule has 9 heteroatoms. The van der Waals surface area contributed by atoms with Crippen LogP contribution in [-0.4, -0.2) is 27.5 Å². The van der Waals surface area contributed by atoms with Gasteiger partial charge < -0.3 is 20.5 Å². The quantitative estimate of drug-likeness (QED) is 0.688. The number of anilines is 1. The molecule has 8 nitrogen and oxygen atoms in total. The molecule has 0 aliphatic carbocycles. The van der Waals surface area contributed by atoms with Crippen LogP contribution in [0.5, 0.6) is 11.5 Å². The Morgan fingerprint density at radius 1 is 1.24 bits per heavy atom. The van der Waals surface area contributed by atoms with Crippen molar-refractivity contribution < 1.29 is 14.3 Å². The average molecular weight is 410 g/mol. The Morgan fingerprint density at radius 2 is 2.07 bits per heavy atom. The van der Waals surface area contributed by atoms with Crippen molar-refractivity contribution in [1.29, 1.82) is 0 Å². The molecule has 0 spiro atoms. The summed E-state index contributed by atoms with van der Waals surface area (Å²) in [5.41, 5.74) is 8.30. The molecule has 3 heterocycles. The minimum Gasteiger partial charge on any atom is -0.454 e. The van der Waals surface area contributed by atoms with Crippen molar-refractivity contribution >= 4 is 23.5 Å². The van der Waals surface area contributed by atoms with E-state index in [9.17, 15) is 4.79 Å². The summed E-state index contributed by atoms with van der Waals surface area (Å²) < 4.78 is 12.5. The van der Waals surface area contributed by atoms with E-state index < -0.39 is 11.9 Å². The van der Waals surface area contributed by atoms with Crippen LogP contribution >= 0.6 is 11.6 Å². The summed E-state index contributed by atoms with van der Waals surface area (Å²) in [6.45, 7) is 1.95. The van der Waals surface area contributed by atoms with Gasteiger partial charge in [-0.2, -0.15) is 4.98 Å². The minimum absolute atomic E-state index is 0.163. The van der Waals surface area contributed by atoms with Crippen molar-refractivity contribution in [2.24, 2.45) is 5.73 Å². The molecule has 1 aromatic heterocycles. The molecule has 146 valence electrons. The van der Waals surface area contributed by atoms with Crippen molar-refractivity contribution in [1.82, 2.24) is 14.8 Å². The van der Waals surface area contributed by atoms with Crippen molar-refractivity contribution in [2.75, 3.05) is 12.1 Å². The number of nitrogens with two attached hydrogens (primary N) is 1. The number of nitrogens with zero attached hydrogens (tertiary/aromatic N) is 3. The van der Waals surface area contributed by atoms with E-state index in [1.54, 1.807) is 23.7 Å². The van der Waals surface area contributed by atoms with Crippen molar-refractivity contribution in [2.45, 2.75) is 13.0 Å². The van der Waals surface area contributed by atoms with Crippen LogP contribution in [0.15, 0.2) is 53.7 Å². The van der Waals surface area contributed by atoms with Crippen LogP contribution in [0.25, 0.3) is 11.4 Å². The maximum atomic E-state index is 12.3. The summed E-state index contributed by atoms with van der Waals surface area (Å²) >= 11 is 6.11. The van der Waals surface area contributed by atoms with Crippen molar-refractivity contribution in [3.05, 3.63) is 64.3 Å². The van der Waals surface area contributed by atoms with Crippen molar-refractivity contribution in [3.8, 4) is 22.9 Å². The largest absolute Gasteiger partial charge is 0.454 e. The third-order valence-corrected chi connectivity index (χ3v) is 5.15. The lowest BCUT2D eigenvalue weighted by molar-refractivity contribution is -0.115. The lowest BCUT2D eigenvalue weighted by Crippen LogP contribution is -2.31. The molecule has 2 aromatic carbocycles. The molecule has 0 saturated carbocycles. The Kier molecular flexibility index (Phi) is 3.95. The number of aromatic nitrogens is 3. The standard InChI is InChI=1S/C20H16ClN5O3/c1-10-16(18(22)27)17(11-5-6-14-15(8-11)29-9-28-14)26-20(23-10)24-19(25-26)12-3-2-4-13(21)7-12/h2-8,17H,9H2,1H3,(H2,22,27)(H,23,24,25)/t17-/m0/s1. The molecule has 0 bridgehead atoms. The van der Waals surface area contributed by atoms with Gasteiger partial charge in [-0.3, -0.25) is 4.79 Å². The summed E-state index contributed by atoms with van der Waals surface area (Å²) in [6.07, 6.45) is 0. The highest BCUT2D eigenvalue weighted by atomic mass is 35.5. The first-order chi connectivity index (χ1) is 14.0. The fourth-order valence-corrected chi connectivity index (χ4v) is 3.80. The number of amides is 1. The molecule has 29 heavy (non-hydrogen) atoms. The van der Waals surface area contributed by atoms with Crippen molar-refractivity contribution in [3.63, 3.8) is 0 Å². The van der Waals surface area contributed by atoms with E-state index in [4.69, 9.17) is 26.8 Å². The monoisotopic (exact) mass is 409 g/mol. The van der Waals surface area contributed by atoms with Gasteiger partial charge in [0.25, 0.3) is 0 Å². The number of allylic oxidation sites excluding steroid dienone is 1. The van der Waals surface area contributed by atoms with E-state index >= 15 is 0 Å². The Balaban J connectivity index is 1.67. The summed E-state index contributed by atoms with van der Waals surface area (Å²) in [4.78, 5) is 16.9. The normalized spacial score (nSPS) is 17.1. The van der Waals surface area contributed by atoms with Gasteiger partial charge in [0.1, 0.15) is 6.04 Å². The van der Waals surface area contributed by atoms with Gasteiger partial charge >= 0.3 is 0 Å². The summed E-state index contributed by atoms with van der Waals surface area (Å²) in [5.74, 6) is 1.72. The van der Waals surface area contributed by atoms with E-state index in [-0.39, 0.29) is 6.79 Å². The number of fused-ring (bicyclic) bond motifs is 2. The molecule has 5 rings (SSSR count). The number of benzene rings is 2. The van der Waals surface area contributed by atoms with E-state index in [1.807, 2.05) is 30.3 Å². The van der Waals surface area contributed by atoms with Crippen LogP contribution in [0.2, 0.25) is 5.02 Å². The van der Waals surface area contributed by atoms with E-state index in [1.165, 1.54) is 0 Å². The number of nitrogens with one attached hydrogen (secondary N) is 1. The van der Waals surface area contributed by atoms with Crippen LogP contribution in [-0.2, 0) is 4.79 Å². The highest BCUT2D eigenvalue weighted by molar-refractivity contribution is 6.30. The van der Waals surface area contributed by atoms with Gasteiger partial charge in [-0.05, 0) is 36.8 Å². The summed E-state index contributed by atoms with van der Waals surface area (Å²) in [6, 6.07) is 12.2. The maximum Gasteiger partial charge on any atom is 0.248 e. The van der Waals surface area contributed by atoms with Gasteiger partial charge in [0.05, 0.1) is 5.57 Å². The zero-order valence-electron chi connectivity index (χ0n) is 15.3. The lowest BCUT2D eigenvalue weighted by Gasteiger charge is -2.27. The van der Waals surface area contributed by atoms with E-state index in [2.05, 4.69) is 15.4 Å². The zero-order chi connectivity index (χ0) is 20.1. The van der Waals surface area contributed by atoms with Crippen LogP contribution in [0, 0.1) is 0 Å². The fraction of sp³-hybridized carbons (Fsp3) is 0.150. The van der Waals surface area contributed by atoms with Gasteiger partial charge in [0.15, 0.2) is 17.3 Å². The van der Waals surface area contributed by atoms with Crippen LogP contribution in [0.1, 0.15) is 18.5 Å². The third-order valence-electron chi connectivity index (χ3n) is 4.91. The summed E-state index contributed by atoms with van der Waals surface area (Å²) in [5, 5.41) is 8.36. The molecule has 1 amide bonds.